The van der Waals surface area contributed by atoms with Gasteiger partial charge in [0.1, 0.15) is 5.82 Å². The maximum absolute atomic E-state index is 5.59. The Hall–Kier alpha value is -1.60. The second kappa shape index (κ2) is 6.53. The Morgan fingerprint density at radius 2 is 2.26 bits per heavy atom. The van der Waals surface area contributed by atoms with Gasteiger partial charge < -0.3 is 15.0 Å². The fraction of sp³-hybridized carbons (Fsp3) is 0.417. The summed E-state index contributed by atoms with van der Waals surface area (Å²) in [6, 6.07) is 3.89. The Morgan fingerprint density at radius 3 is 3.00 bits per heavy atom. The molecule has 2 heterocycles. The molecule has 6 nitrogen and oxygen atoms in total. The molecule has 0 bridgehead atoms. The second-order valence-electron chi connectivity index (χ2n) is 3.93. The predicted molar refractivity (Wildman–Crippen MR) is 74.2 cm³/mol. The molecule has 0 atom stereocenters. The Bertz CT molecular complexity index is 543. The number of nitrogens with zero attached hydrogens (tertiary/aromatic N) is 4. The lowest BCUT2D eigenvalue weighted by molar-refractivity contribution is 0.394. The maximum Gasteiger partial charge on any atom is 0.217 e. The third-order valence-electron chi connectivity index (χ3n) is 2.65. The smallest absolute Gasteiger partial charge is 0.217 e. The molecule has 2 aromatic rings. The fourth-order valence-electron chi connectivity index (χ4n) is 1.71. The number of aryl methyl sites for hydroxylation is 1. The van der Waals surface area contributed by atoms with Crippen LogP contribution < -0.4 is 10.5 Å². The van der Waals surface area contributed by atoms with Crippen LogP contribution in [0.25, 0.3) is 0 Å². The van der Waals surface area contributed by atoms with Crippen LogP contribution in [0.15, 0.2) is 23.5 Å². The summed E-state index contributed by atoms with van der Waals surface area (Å²) in [4.78, 5) is 4.18. The summed E-state index contributed by atoms with van der Waals surface area (Å²) in [6.45, 7) is 3.23. The highest BCUT2D eigenvalue weighted by atomic mass is 32.2. The number of hydrogen-bond acceptors (Lipinski definition) is 6. The van der Waals surface area contributed by atoms with Crippen molar-refractivity contribution in [2.45, 2.75) is 24.4 Å². The first kappa shape index (κ1) is 13.8. The molecular weight excluding hydrogens is 262 g/mol. The van der Waals surface area contributed by atoms with Gasteiger partial charge in [0.15, 0.2) is 5.16 Å². The Balaban J connectivity index is 2.10. The van der Waals surface area contributed by atoms with Crippen LogP contribution in [0.2, 0.25) is 0 Å². The maximum atomic E-state index is 5.59. The van der Waals surface area contributed by atoms with Crippen LogP contribution in [0.1, 0.15) is 11.4 Å². The molecule has 19 heavy (non-hydrogen) atoms. The number of nitrogens with two attached hydrogens (primary N) is 1. The number of aromatic nitrogens is 4. The highest BCUT2D eigenvalue weighted by molar-refractivity contribution is 7.98. The summed E-state index contributed by atoms with van der Waals surface area (Å²) in [6.07, 6.45) is 1.72. The van der Waals surface area contributed by atoms with E-state index in [0.717, 1.165) is 28.8 Å². The molecule has 0 spiro atoms. The number of methoxy groups -OCH3 is 1. The molecule has 7 heteroatoms. The summed E-state index contributed by atoms with van der Waals surface area (Å²) in [5.74, 6) is 2.27. The zero-order valence-corrected chi connectivity index (χ0v) is 11.9. The van der Waals surface area contributed by atoms with Crippen LogP contribution in [0.5, 0.6) is 5.88 Å². The molecule has 0 saturated carbocycles. The van der Waals surface area contributed by atoms with Crippen LogP contribution in [0, 0.1) is 6.92 Å². The van der Waals surface area contributed by atoms with E-state index >= 15 is 0 Å². The van der Waals surface area contributed by atoms with Gasteiger partial charge in [-0.2, -0.15) is 0 Å². The Labute approximate surface area is 116 Å². The minimum absolute atomic E-state index is 0.572. The van der Waals surface area contributed by atoms with Crippen molar-refractivity contribution >= 4 is 11.8 Å². The van der Waals surface area contributed by atoms with Gasteiger partial charge in [-0.3, -0.25) is 0 Å². The molecule has 0 radical (unpaired) electrons. The predicted octanol–water partition coefficient (Wildman–Crippen LogP) is 1.24. The average Bonchev–Trinajstić information content (AvgIpc) is 2.78. The molecule has 0 amide bonds. The standard InChI is InChI=1S/C12H17N5OS/c1-9-15-16-12(17(9)7-5-13)19-8-10-4-3-6-14-11(10)18-2/h3-4,6H,5,7-8,13H2,1-2H3. The number of hydrogen-bond donors (Lipinski definition) is 1. The van der Waals surface area contributed by atoms with Crippen LogP contribution in [-0.2, 0) is 12.3 Å². The Morgan fingerprint density at radius 1 is 1.42 bits per heavy atom. The van der Waals surface area contributed by atoms with Crippen molar-refractivity contribution in [3.8, 4) is 5.88 Å². The van der Waals surface area contributed by atoms with Crippen LogP contribution >= 0.6 is 11.8 Å². The van der Waals surface area contributed by atoms with E-state index in [9.17, 15) is 0 Å². The lowest BCUT2D eigenvalue weighted by Gasteiger charge is -2.08. The van der Waals surface area contributed by atoms with Crippen molar-refractivity contribution in [2.75, 3.05) is 13.7 Å². The number of ether oxygens (including phenoxy) is 1. The molecule has 2 rings (SSSR count). The van der Waals surface area contributed by atoms with Crippen molar-refractivity contribution in [2.24, 2.45) is 5.73 Å². The molecular formula is C12H17N5OS. The van der Waals surface area contributed by atoms with Gasteiger partial charge in [0.25, 0.3) is 0 Å². The third-order valence-corrected chi connectivity index (χ3v) is 3.67. The molecule has 0 aliphatic rings. The van der Waals surface area contributed by atoms with Crippen LogP contribution in [-0.4, -0.2) is 33.4 Å². The monoisotopic (exact) mass is 279 g/mol. The van der Waals surface area contributed by atoms with E-state index in [4.69, 9.17) is 10.5 Å². The normalized spacial score (nSPS) is 10.7. The highest BCUT2D eigenvalue weighted by Crippen LogP contribution is 2.25. The average molecular weight is 279 g/mol. The van der Waals surface area contributed by atoms with Crippen molar-refractivity contribution in [1.29, 1.82) is 0 Å². The summed E-state index contributed by atoms with van der Waals surface area (Å²) >= 11 is 1.60. The molecule has 0 aliphatic carbocycles. The first-order chi connectivity index (χ1) is 9.26. The molecule has 0 saturated heterocycles. The zero-order chi connectivity index (χ0) is 13.7. The summed E-state index contributed by atoms with van der Waals surface area (Å²) in [5.41, 5.74) is 6.63. The molecule has 0 aliphatic heterocycles. The lowest BCUT2D eigenvalue weighted by Crippen LogP contribution is -2.12. The minimum atomic E-state index is 0.572. The van der Waals surface area contributed by atoms with Crippen molar-refractivity contribution in [3.63, 3.8) is 0 Å². The van der Waals surface area contributed by atoms with Gasteiger partial charge in [-0.15, -0.1) is 10.2 Å². The van der Waals surface area contributed by atoms with Gasteiger partial charge in [0, 0.05) is 30.6 Å². The molecule has 2 aromatic heterocycles. The first-order valence-corrected chi connectivity index (χ1v) is 6.95. The van der Waals surface area contributed by atoms with Crippen LogP contribution in [0.4, 0.5) is 0 Å². The third kappa shape index (κ3) is 3.24. The summed E-state index contributed by atoms with van der Waals surface area (Å²) < 4.78 is 7.25. The molecule has 0 fully saturated rings. The highest BCUT2D eigenvalue weighted by Gasteiger charge is 2.10. The first-order valence-electron chi connectivity index (χ1n) is 5.96. The van der Waals surface area contributed by atoms with Gasteiger partial charge in [0.2, 0.25) is 5.88 Å². The number of thioether (sulfide) groups is 1. The SMILES string of the molecule is COc1ncccc1CSc1nnc(C)n1CCN. The quantitative estimate of drug-likeness (QED) is 0.802. The molecule has 0 aromatic carbocycles. The van der Waals surface area contributed by atoms with E-state index in [1.54, 1.807) is 25.1 Å². The van der Waals surface area contributed by atoms with E-state index in [-0.39, 0.29) is 0 Å². The van der Waals surface area contributed by atoms with E-state index in [1.165, 1.54) is 0 Å². The topological polar surface area (TPSA) is 78.9 Å². The van der Waals surface area contributed by atoms with Crippen molar-refractivity contribution < 1.29 is 4.74 Å². The summed E-state index contributed by atoms with van der Waals surface area (Å²) in [7, 11) is 1.62. The van der Waals surface area contributed by atoms with E-state index in [1.807, 2.05) is 23.6 Å². The van der Waals surface area contributed by atoms with E-state index < -0.39 is 0 Å². The van der Waals surface area contributed by atoms with Crippen molar-refractivity contribution in [1.82, 2.24) is 19.7 Å². The van der Waals surface area contributed by atoms with Gasteiger partial charge in [-0.05, 0) is 13.0 Å². The minimum Gasteiger partial charge on any atom is -0.481 e. The molecule has 2 N–H and O–H groups in total. The molecule has 0 unspecified atom stereocenters. The largest absolute Gasteiger partial charge is 0.481 e. The number of rotatable bonds is 6. The van der Waals surface area contributed by atoms with Gasteiger partial charge >= 0.3 is 0 Å². The second-order valence-corrected chi connectivity index (χ2v) is 4.87. The fourth-order valence-corrected chi connectivity index (χ4v) is 2.70. The van der Waals surface area contributed by atoms with E-state index in [2.05, 4.69) is 15.2 Å². The number of pyridine rings is 1. The summed E-state index contributed by atoms with van der Waals surface area (Å²) in [5, 5.41) is 9.11. The van der Waals surface area contributed by atoms with E-state index in [0.29, 0.717) is 12.4 Å². The van der Waals surface area contributed by atoms with Crippen LogP contribution in [0.3, 0.4) is 0 Å². The van der Waals surface area contributed by atoms with Gasteiger partial charge in [-0.1, -0.05) is 17.8 Å². The molecule has 102 valence electrons. The lowest BCUT2D eigenvalue weighted by atomic mass is 10.3. The van der Waals surface area contributed by atoms with Gasteiger partial charge in [0.05, 0.1) is 7.11 Å². The Kier molecular flexibility index (Phi) is 4.75. The zero-order valence-electron chi connectivity index (χ0n) is 11.0. The van der Waals surface area contributed by atoms with Gasteiger partial charge in [-0.25, -0.2) is 4.98 Å². The van der Waals surface area contributed by atoms with Crippen molar-refractivity contribution in [3.05, 3.63) is 29.7 Å².